The maximum Gasteiger partial charge on any atom is 0.387 e. The zero-order chi connectivity index (χ0) is 27.6. The zero-order valence-electron chi connectivity index (χ0n) is 20.5. The Morgan fingerprint density at radius 1 is 1.08 bits per heavy atom. The van der Waals surface area contributed by atoms with Gasteiger partial charge in [0.1, 0.15) is 35.3 Å². The number of hydrogen-bond donors (Lipinski definition) is 1. The molecule has 12 heteroatoms. The van der Waals surface area contributed by atoms with Crippen molar-refractivity contribution in [3.8, 4) is 22.8 Å². The molecule has 3 aromatic carbocycles. The number of alkyl halides is 2. The lowest BCUT2D eigenvalue weighted by atomic mass is 10.0. The lowest BCUT2D eigenvalue weighted by Gasteiger charge is -2.21. The summed E-state index contributed by atoms with van der Waals surface area (Å²) < 4.78 is 81.4. The fourth-order valence-corrected chi connectivity index (χ4v) is 4.30. The molecule has 8 nitrogen and oxygen atoms in total. The standard InChI is InChI=1S/C26H23F3N2O6S/c1-30-25(32)23-18-12-22(35-14-16-6-4-5-7-20(16)37-26(28)29)19(31(2)38(3,33)34)13-21(18)36-24(23)15-8-10-17(27)11-9-15/h4-13,26H,14H2,1-3H3,(H,30,32). The third kappa shape index (κ3) is 5.54. The number of amides is 1. The minimum Gasteiger partial charge on any atom is -0.487 e. The molecule has 0 spiro atoms. The number of benzene rings is 3. The SMILES string of the molecule is CNC(=O)c1c(-c2ccc(F)cc2)oc2cc(N(C)S(C)(=O)=O)c(OCc3ccccc3OC(F)F)cc12. The monoisotopic (exact) mass is 548 g/mol. The van der Waals surface area contributed by atoms with Crippen LogP contribution in [0.25, 0.3) is 22.3 Å². The average molecular weight is 549 g/mol. The number of anilines is 1. The highest BCUT2D eigenvalue weighted by molar-refractivity contribution is 7.92. The molecular weight excluding hydrogens is 525 g/mol. The van der Waals surface area contributed by atoms with E-state index >= 15 is 0 Å². The van der Waals surface area contributed by atoms with E-state index < -0.39 is 28.4 Å². The number of nitrogens with zero attached hydrogens (tertiary/aromatic N) is 1. The Morgan fingerprint density at radius 3 is 2.39 bits per heavy atom. The van der Waals surface area contributed by atoms with E-state index in [1.165, 1.54) is 68.7 Å². The molecule has 0 saturated carbocycles. The van der Waals surface area contributed by atoms with Crippen molar-refractivity contribution < 1.29 is 40.3 Å². The molecule has 0 unspecified atom stereocenters. The van der Waals surface area contributed by atoms with Gasteiger partial charge >= 0.3 is 6.61 Å². The second-order valence-electron chi connectivity index (χ2n) is 8.21. The molecule has 0 bridgehead atoms. The molecule has 4 aromatic rings. The van der Waals surface area contributed by atoms with Crippen LogP contribution in [-0.2, 0) is 16.6 Å². The molecule has 1 heterocycles. The van der Waals surface area contributed by atoms with Crippen LogP contribution in [0, 0.1) is 5.82 Å². The summed E-state index contributed by atoms with van der Waals surface area (Å²) in [6.45, 7) is -3.30. The molecule has 0 radical (unpaired) electrons. The minimum atomic E-state index is -3.77. The topological polar surface area (TPSA) is 98.1 Å². The highest BCUT2D eigenvalue weighted by Gasteiger charge is 2.26. The number of furan rings is 1. The lowest BCUT2D eigenvalue weighted by Crippen LogP contribution is -2.25. The average Bonchev–Trinajstić information content (AvgIpc) is 3.24. The maximum atomic E-state index is 13.5. The first-order chi connectivity index (χ1) is 18.0. The summed E-state index contributed by atoms with van der Waals surface area (Å²) in [5, 5.41) is 2.83. The van der Waals surface area contributed by atoms with Gasteiger partial charge in [0.2, 0.25) is 10.0 Å². The van der Waals surface area contributed by atoms with Crippen molar-refractivity contribution in [1.29, 1.82) is 0 Å². The van der Waals surface area contributed by atoms with Gasteiger partial charge < -0.3 is 19.2 Å². The van der Waals surface area contributed by atoms with Crippen molar-refractivity contribution in [3.63, 3.8) is 0 Å². The molecule has 0 aliphatic rings. The van der Waals surface area contributed by atoms with E-state index in [1.54, 1.807) is 6.07 Å². The smallest absolute Gasteiger partial charge is 0.387 e. The number of nitrogens with one attached hydrogen (secondary N) is 1. The fourth-order valence-electron chi connectivity index (χ4n) is 3.80. The number of ether oxygens (including phenoxy) is 2. The zero-order valence-corrected chi connectivity index (χ0v) is 21.3. The molecule has 0 aliphatic heterocycles. The van der Waals surface area contributed by atoms with Crippen molar-refractivity contribution >= 4 is 32.6 Å². The van der Waals surface area contributed by atoms with Crippen LogP contribution in [0.5, 0.6) is 11.5 Å². The van der Waals surface area contributed by atoms with Gasteiger partial charge in [0.05, 0.1) is 17.5 Å². The quantitative estimate of drug-likeness (QED) is 0.310. The summed E-state index contributed by atoms with van der Waals surface area (Å²) in [5.41, 5.74) is 1.07. The Morgan fingerprint density at radius 2 is 1.76 bits per heavy atom. The van der Waals surface area contributed by atoms with E-state index in [2.05, 4.69) is 10.1 Å². The van der Waals surface area contributed by atoms with Crippen LogP contribution >= 0.6 is 0 Å². The second kappa shape index (κ2) is 10.7. The van der Waals surface area contributed by atoms with E-state index in [0.29, 0.717) is 10.9 Å². The number of sulfonamides is 1. The van der Waals surface area contributed by atoms with Gasteiger partial charge in [-0.05, 0) is 36.4 Å². The van der Waals surface area contributed by atoms with Gasteiger partial charge in [0.15, 0.2) is 0 Å². The summed E-state index contributed by atoms with van der Waals surface area (Å²) in [7, 11) is -1.03. The lowest BCUT2D eigenvalue weighted by molar-refractivity contribution is -0.0508. The summed E-state index contributed by atoms with van der Waals surface area (Å²) in [5.74, 6) is -0.910. The predicted molar refractivity (Wildman–Crippen MR) is 136 cm³/mol. The molecular formula is C26H23F3N2O6S. The number of para-hydroxylation sites is 1. The van der Waals surface area contributed by atoms with Crippen LogP contribution in [-0.4, -0.2) is 41.3 Å². The Labute approximate surface area is 216 Å². The maximum absolute atomic E-state index is 13.5. The van der Waals surface area contributed by atoms with Crippen molar-refractivity contribution in [2.45, 2.75) is 13.2 Å². The summed E-state index contributed by atoms with van der Waals surface area (Å²) >= 11 is 0. The van der Waals surface area contributed by atoms with E-state index in [9.17, 15) is 26.4 Å². The summed E-state index contributed by atoms with van der Waals surface area (Å²) in [6, 6.07) is 14.2. The largest absolute Gasteiger partial charge is 0.487 e. The van der Waals surface area contributed by atoms with Crippen LogP contribution in [0.1, 0.15) is 15.9 Å². The van der Waals surface area contributed by atoms with E-state index in [1.807, 2.05) is 0 Å². The Kier molecular flexibility index (Phi) is 7.53. The van der Waals surface area contributed by atoms with E-state index in [-0.39, 0.29) is 46.3 Å². The highest BCUT2D eigenvalue weighted by atomic mass is 32.2. The van der Waals surface area contributed by atoms with Crippen LogP contribution in [0.4, 0.5) is 18.9 Å². The van der Waals surface area contributed by atoms with E-state index in [4.69, 9.17) is 9.15 Å². The fraction of sp³-hybridized carbons (Fsp3) is 0.192. The Hall–Kier alpha value is -4.19. The first kappa shape index (κ1) is 26.9. The van der Waals surface area contributed by atoms with Crippen molar-refractivity contribution in [2.75, 3.05) is 24.7 Å². The van der Waals surface area contributed by atoms with Gasteiger partial charge in [-0.15, -0.1) is 0 Å². The predicted octanol–water partition coefficient (Wildman–Crippen LogP) is 5.17. The number of hydrogen-bond acceptors (Lipinski definition) is 6. The summed E-state index contributed by atoms with van der Waals surface area (Å²) in [4.78, 5) is 12.9. The number of rotatable bonds is 9. The third-order valence-corrected chi connectivity index (χ3v) is 6.93. The number of carbonyl (C=O) groups excluding carboxylic acids is 1. The highest BCUT2D eigenvalue weighted by Crippen LogP contribution is 2.41. The van der Waals surface area contributed by atoms with Crippen LogP contribution in [0.3, 0.4) is 0 Å². The van der Waals surface area contributed by atoms with Crippen molar-refractivity contribution in [1.82, 2.24) is 5.32 Å². The molecule has 1 aromatic heterocycles. The Bertz CT molecular complexity index is 1590. The summed E-state index contributed by atoms with van der Waals surface area (Å²) in [6.07, 6.45) is 0.995. The van der Waals surface area contributed by atoms with Crippen LogP contribution < -0.4 is 19.1 Å². The first-order valence-electron chi connectivity index (χ1n) is 11.2. The molecule has 4 rings (SSSR count). The van der Waals surface area contributed by atoms with Crippen LogP contribution in [0.15, 0.2) is 65.1 Å². The first-order valence-corrected chi connectivity index (χ1v) is 13.0. The van der Waals surface area contributed by atoms with Crippen LogP contribution in [0.2, 0.25) is 0 Å². The number of carbonyl (C=O) groups is 1. The van der Waals surface area contributed by atoms with Crippen molar-refractivity contribution in [2.24, 2.45) is 0 Å². The molecule has 0 saturated heterocycles. The van der Waals surface area contributed by atoms with Gasteiger partial charge in [-0.3, -0.25) is 9.10 Å². The van der Waals surface area contributed by atoms with Gasteiger partial charge in [0, 0.05) is 36.7 Å². The van der Waals surface area contributed by atoms with Gasteiger partial charge in [-0.25, -0.2) is 12.8 Å². The molecule has 1 amide bonds. The van der Waals surface area contributed by atoms with Gasteiger partial charge in [-0.1, -0.05) is 18.2 Å². The third-order valence-electron chi connectivity index (χ3n) is 5.74. The van der Waals surface area contributed by atoms with Crippen molar-refractivity contribution in [3.05, 3.63) is 77.6 Å². The minimum absolute atomic E-state index is 0.0360. The van der Waals surface area contributed by atoms with Gasteiger partial charge in [0.25, 0.3) is 5.91 Å². The molecule has 0 fully saturated rings. The van der Waals surface area contributed by atoms with E-state index in [0.717, 1.165) is 10.6 Å². The second-order valence-corrected chi connectivity index (χ2v) is 10.2. The Balaban J connectivity index is 1.88. The molecule has 0 aliphatic carbocycles. The number of halogens is 3. The number of fused-ring (bicyclic) bond motifs is 1. The molecule has 0 atom stereocenters. The molecule has 200 valence electrons. The molecule has 1 N–H and O–H groups in total. The normalized spacial score (nSPS) is 11.6. The molecule has 38 heavy (non-hydrogen) atoms. The van der Waals surface area contributed by atoms with Gasteiger partial charge in [-0.2, -0.15) is 8.78 Å².